The van der Waals surface area contributed by atoms with E-state index in [-0.39, 0.29) is 34.4 Å². The topological polar surface area (TPSA) is 28.4 Å². The van der Waals surface area contributed by atoms with Gasteiger partial charge in [0.05, 0.1) is 11.7 Å². The molecule has 5 heteroatoms. The summed E-state index contributed by atoms with van der Waals surface area (Å²) in [5.74, 6) is 1.10. The van der Waals surface area contributed by atoms with E-state index in [1.54, 1.807) is 10.5 Å². The number of anilines is 3. The highest BCUT2D eigenvalue weighted by Gasteiger charge is 2.51. The van der Waals surface area contributed by atoms with Crippen LogP contribution in [0.25, 0.3) is 6.08 Å². The zero-order valence-electron chi connectivity index (χ0n) is 47.8. The van der Waals surface area contributed by atoms with Crippen LogP contribution in [-0.4, -0.2) is 25.5 Å². The number of nitrogens with zero attached hydrogens (tertiary/aromatic N) is 1. The van der Waals surface area contributed by atoms with Crippen LogP contribution in [0.2, 0.25) is 0 Å². The normalized spacial score (nSPS) is 23.2. The van der Waals surface area contributed by atoms with E-state index in [4.69, 9.17) is 11.0 Å². The van der Waals surface area contributed by atoms with Gasteiger partial charge in [0.2, 0.25) is 0 Å². The minimum atomic E-state index is -0.973. The first kappa shape index (κ1) is 52.2. The molecule has 1 N–H and O–H groups in total. The second-order valence-electron chi connectivity index (χ2n) is 25.7. The summed E-state index contributed by atoms with van der Waals surface area (Å²) in [4.78, 5) is 4.14. The molecule has 6 aliphatic rings. The fraction of sp³-hybridized carbons (Fsp3) is 0.380. The summed E-state index contributed by atoms with van der Waals surface area (Å²) < 4.78 is 7.57. The number of allylic oxidation sites excluding steroid dienone is 12. The van der Waals surface area contributed by atoms with Gasteiger partial charge in [-0.3, -0.25) is 0 Å². The van der Waals surface area contributed by atoms with Crippen LogP contribution in [0.15, 0.2) is 183 Å². The van der Waals surface area contributed by atoms with Crippen molar-refractivity contribution < 1.29 is 4.42 Å². The van der Waals surface area contributed by atoms with Gasteiger partial charge in [-0.1, -0.05) is 181 Å². The van der Waals surface area contributed by atoms with Gasteiger partial charge in [0, 0.05) is 56.6 Å². The first-order valence-corrected chi connectivity index (χ1v) is 31.5. The third kappa shape index (κ3) is 9.05. The van der Waals surface area contributed by atoms with Crippen LogP contribution in [0.4, 0.5) is 17.1 Å². The van der Waals surface area contributed by atoms with Crippen LogP contribution in [0.5, 0.6) is 0 Å². The van der Waals surface area contributed by atoms with Crippen LogP contribution in [-0.2, 0) is 22.7 Å². The van der Waals surface area contributed by atoms with E-state index in [0.717, 1.165) is 78.9 Å². The number of rotatable bonds is 10. The van der Waals surface area contributed by atoms with Gasteiger partial charge in [-0.2, -0.15) is 0 Å². The van der Waals surface area contributed by atoms with E-state index in [2.05, 4.69) is 230 Å². The Labute approximate surface area is 459 Å². The highest BCUT2D eigenvalue weighted by Crippen LogP contribution is 2.58. The van der Waals surface area contributed by atoms with Crippen molar-refractivity contribution in [2.45, 2.75) is 148 Å². The molecular weight excluding hydrogens is 940 g/mol. The minimum absolute atomic E-state index is 0.0554. The summed E-state index contributed by atoms with van der Waals surface area (Å²) in [5.41, 5.74) is 21.3. The molecule has 2 atom stereocenters. The Morgan fingerprint density at radius 3 is 2.09 bits per heavy atom. The lowest BCUT2D eigenvalue weighted by Crippen LogP contribution is -2.53. The maximum Gasteiger partial charge on any atom is 0.291 e. The van der Waals surface area contributed by atoms with Gasteiger partial charge < -0.3 is 14.6 Å². The maximum atomic E-state index is 7.57. The Morgan fingerprint density at radius 1 is 0.737 bits per heavy atom. The molecule has 3 heterocycles. The van der Waals surface area contributed by atoms with Crippen molar-refractivity contribution >= 4 is 51.0 Å². The van der Waals surface area contributed by atoms with Crippen LogP contribution >= 0.6 is 10.0 Å². The molecule has 76 heavy (non-hydrogen) atoms. The van der Waals surface area contributed by atoms with Gasteiger partial charge in [0.1, 0.15) is 5.76 Å². The van der Waals surface area contributed by atoms with Crippen molar-refractivity contribution in [3.05, 3.63) is 224 Å². The van der Waals surface area contributed by atoms with Crippen molar-refractivity contribution in [2.24, 2.45) is 5.41 Å². The van der Waals surface area contributed by atoms with Crippen LogP contribution < -0.4 is 21.3 Å². The molecule has 0 spiro atoms. The second-order valence-corrected chi connectivity index (χ2v) is 29.9. The quantitative estimate of drug-likeness (QED) is 0.112. The van der Waals surface area contributed by atoms with E-state index >= 15 is 0 Å². The Hall–Kier alpha value is -5.91. The van der Waals surface area contributed by atoms with E-state index < -0.39 is 10.0 Å². The van der Waals surface area contributed by atoms with Crippen molar-refractivity contribution in [1.29, 1.82) is 0 Å². The van der Waals surface area contributed by atoms with Crippen molar-refractivity contribution in [3.63, 3.8) is 0 Å². The van der Waals surface area contributed by atoms with Crippen LogP contribution in [0.1, 0.15) is 163 Å². The second kappa shape index (κ2) is 19.8. The highest BCUT2D eigenvalue weighted by molar-refractivity contribution is 8.35. The molecule has 4 aliphatic carbocycles. The summed E-state index contributed by atoms with van der Waals surface area (Å²) in [6.07, 6.45) is 41.3. The molecule has 11 rings (SSSR count). The molecule has 0 amide bonds. The fourth-order valence-corrected chi connectivity index (χ4v) is 15.6. The standard InChI is InChI=1S/C71H83BN2OS/c1-48-43-62(73-56-35-31-53(32-36-56)69(6,7)51-25-17-13-18-26-51)66-59-46-58(76(10,11)12)39-40-65(59)75-67(66)72-50(3)63(44-48)74(57-37-33-54(34-38-57)70(8,9)52-27-19-14-20-28-52)64-47-60(49(2)45-61(64)72)71(55-29-21-15-22-30-55)42-24-16-23-41-68(71,4)5/h13-15,17-19,21,25-27,29,31-38,43-47,62,73H,3,16,20,22-24,28,30,39-42H2,1-2,4-12H3/b48-43-,63-44+. The third-order valence-corrected chi connectivity index (χ3v) is 21.0. The molecule has 1 saturated carbocycles. The molecule has 3 nitrogen and oxygen atoms in total. The molecule has 1 fully saturated rings. The van der Waals surface area contributed by atoms with E-state index in [1.165, 1.54) is 86.9 Å². The Bertz CT molecular complexity index is 3300. The summed E-state index contributed by atoms with van der Waals surface area (Å²) in [6.45, 7) is 24.3. The third-order valence-electron chi connectivity index (χ3n) is 19.1. The zero-order valence-corrected chi connectivity index (χ0v) is 48.6. The number of benzene rings is 4. The van der Waals surface area contributed by atoms with Gasteiger partial charge in [-0.25, -0.2) is 10.0 Å². The summed E-state index contributed by atoms with van der Waals surface area (Å²) in [5, 5.41) is 4.15. The maximum absolute atomic E-state index is 7.57. The van der Waals surface area contributed by atoms with Crippen molar-refractivity contribution in [2.75, 3.05) is 29.0 Å². The van der Waals surface area contributed by atoms with Crippen LogP contribution in [0.3, 0.4) is 0 Å². The molecule has 0 saturated heterocycles. The van der Waals surface area contributed by atoms with Crippen LogP contribution in [0, 0.1) is 12.3 Å². The molecule has 4 aromatic carbocycles. The van der Waals surface area contributed by atoms with Gasteiger partial charge in [0.15, 0.2) is 0 Å². The fourth-order valence-electron chi connectivity index (χ4n) is 14.5. The molecule has 5 aromatic rings. The Morgan fingerprint density at radius 2 is 1.41 bits per heavy atom. The highest BCUT2D eigenvalue weighted by atomic mass is 32.3. The van der Waals surface area contributed by atoms with Gasteiger partial charge >= 0.3 is 0 Å². The number of aryl methyl sites for hydroxylation is 2. The first-order chi connectivity index (χ1) is 36.3. The lowest BCUT2D eigenvalue weighted by atomic mass is 9.35. The molecule has 2 unspecified atom stereocenters. The number of hydrogen-bond donors (Lipinski definition) is 1. The average molecular weight is 1020 g/mol. The number of hydrogen-bond acceptors (Lipinski definition) is 3. The molecule has 0 radical (unpaired) electrons. The number of nitrogens with one attached hydrogen (secondary N) is 1. The molecular formula is C71H83BN2OS. The largest absolute Gasteiger partial charge is 0.474 e. The molecule has 392 valence electrons. The summed E-state index contributed by atoms with van der Waals surface area (Å²) in [6, 6.07) is 34.8. The summed E-state index contributed by atoms with van der Waals surface area (Å²) >= 11 is 0. The first-order valence-electron chi connectivity index (χ1n) is 28.6. The Balaban J connectivity index is 1.14. The number of furan rings is 1. The Kier molecular flexibility index (Phi) is 13.6. The van der Waals surface area contributed by atoms with Gasteiger partial charge in [0.25, 0.3) is 6.71 Å². The van der Waals surface area contributed by atoms with E-state index in [0.29, 0.717) is 0 Å². The predicted octanol–water partition coefficient (Wildman–Crippen LogP) is 17.8. The van der Waals surface area contributed by atoms with Gasteiger partial charge in [-0.15, -0.1) is 6.58 Å². The predicted molar refractivity (Wildman–Crippen MR) is 332 cm³/mol. The molecule has 2 aliphatic heterocycles. The van der Waals surface area contributed by atoms with Crippen molar-refractivity contribution in [1.82, 2.24) is 0 Å². The lowest BCUT2D eigenvalue weighted by molar-refractivity contribution is 0.175. The smallest absolute Gasteiger partial charge is 0.291 e. The monoisotopic (exact) mass is 1020 g/mol. The van der Waals surface area contributed by atoms with E-state index in [9.17, 15) is 0 Å². The zero-order chi connectivity index (χ0) is 53.4. The SMILES string of the molecule is C=C1B2c3cc(C)c(C4(C5=CC=CCC5)CCCCCC4(C)C)cc3N(c3ccc(C(C)(C)C4=CC=CCC4)cc3)/C1=C/C(C)=C\C(Nc1ccc(C(C)(C)c3ccccc3)cc1)c1c2oc2c1C=C(S(C)(C)C)CC2. The van der Waals surface area contributed by atoms with E-state index in [1.807, 2.05) is 0 Å². The minimum Gasteiger partial charge on any atom is -0.474 e. The lowest BCUT2D eigenvalue weighted by Gasteiger charge is -2.51. The number of fused-ring (bicyclic) bond motifs is 8. The molecule has 1 aromatic heterocycles. The summed E-state index contributed by atoms with van der Waals surface area (Å²) in [7, 11) is -0.973. The average Bonchev–Trinajstić information content (AvgIpc) is 3.79. The molecule has 2 bridgehead atoms. The van der Waals surface area contributed by atoms with Crippen molar-refractivity contribution in [3.8, 4) is 0 Å². The van der Waals surface area contributed by atoms with Gasteiger partial charge in [-0.05, 0) is 169 Å².